The van der Waals surface area contributed by atoms with E-state index in [0.717, 1.165) is 35.3 Å². The van der Waals surface area contributed by atoms with E-state index in [0.29, 0.717) is 17.1 Å². The molecule has 0 aliphatic carbocycles. The molecular formula is C42H71BO3S. The number of carbonyl (C=O) groups is 1. The third kappa shape index (κ3) is 27.9. The maximum absolute atomic E-state index is 10.8. The van der Waals surface area contributed by atoms with Gasteiger partial charge in [0.2, 0.25) is 0 Å². The molecule has 2 rings (SSSR count). The second-order valence-corrected chi connectivity index (χ2v) is 10.9. The summed E-state index contributed by atoms with van der Waals surface area (Å²) in [6, 6.07) is 13.2. The standard InChI is InChI=1S/C14H23BO.C10H12OS.C9H12O.C5H12.2C2H6/c1-3-5-11-15(10-4-2)12-13-8-6-7-9-14(13)16;1-7(6-12)9-4-3-5-10(11)8(9)2;1-4-6-9(7-5-2)8(3)10;1-3-5-4-2;2*1-2/h6-9,16H,3-5,10-12H2,1-2H3;3-6,11-12H,1-2H3;4-7H,1H2,2-3H3;3-5H2,1-2H3;2*1-2H3/b;7-6-;7-5-,9-6+;;;. The van der Waals surface area contributed by atoms with Crippen LogP contribution in [0.3, 0.4) is 0 Å². The van der Waals surface area contributed by atoms with Gasteiger partial charge in [-0.25, -0.2) is 0 Å². The van der Waals surface area contributed by atoms with Crippen LogP contribution in [0.1, 0.15) is 131 Å². The first-order valence-electron chi connectivity index (χ1n) is 17.9. The van der Waals surface area contributed by atoms with Crippen molar-refractivity contribution in [2.75, 3.05) is 0 Å². The lowest BCUT2D eigenvalue weighted by molar-refractivity contribution is -0.113. The first-order chi connectivity index (χ1) is 22.6. The van der Waals surface area contributed by atoms with Crippen LogP contribution in [-0.4, -0.2) is 22.7 Å². The Kier molecular flexibility index (Phi) is 40.7. The number of hydrogen-bond acceptors (Lipinski definition) is 4. The molecule has 0 saturated carbocycles. The fraction of sp³-hybridized carbons (Fsp3) is 0.500. The zero-order chi connectivity index (χ0) is 37.0. The van der Waals surface area contributed by atoms with Gasteiger partial charge in [0.05, 0.1) is 0 Å². The normalized spacial score (nSPS) is 10.2. The van der Waals surface area contributed by atoms with Crippen LogP contribution < -0.4 is 0 Å². The van der Waals surface area contributed by atoms with Crippen molar-refractivity contribution in [3.8, 4) is 11.5 Å². The Labute approximate surface area is 297 Å². The Morgan fingerprint density at radius 2 is 1.38 bits per heavy atom. The summed E-state index contributed by atoms with van der Waals surface area (Å²) in [6.07, 6.45) is 18.4. The van der Waals surface area contributed by atoms with E-state index in [9.17, 15) is 15.0 Å². The Morgan fingerprint density at radius 3 is 1.81 bits per heavy atom. The largest absolute Gasteiger partial charge is 0.508 e. The average Bonchev–Trinajstić information content (AvgIpc) is 3.08. The zero-order valence-electron chi connectivity index (χ0n) is 32.3. The van der Waals surface area contributed by atoms with Crippen LogP contribution in [0.4, 0.5) is 0 Å². The molecule has 0 aliphatic heterocycles. The van der Waals surface area contributed by atoms with Crippen LogP contribution in [0.25, 0.3) is 5.57 Å². The van der Waals surface area contributed by atoms with Crippen LogP contribution >= 0.6 is 12.6 Å². The van der Waals surface area contributed by atoms with Gasteiger partial charge in [0.25, 0.3) is 0 Å². The summed E-state index contributed by atoms with van der Waals surface area (Å²) in [6.45, 7) is 28.4. The van der Waals surface area contributed by atoms with Gasteiger partial charge < -0.3 is 10.2 Å². The van der Waals surface area contributed by atoms with Gasteiger partial charge >= 0.3 is 0 Å². The molecule has 0 atom stereocenters. The highest BCUT2D eigenvalue weighted by atomic mass is 32.1. The number of phenols is 2. The fourth-order valence-electron chi connectivity index (χ4n) is 4.31. The van der Waals surface area contributed by atoms with Gasteiger partial charge in [-0.15, -0.1) is 0 Å². The van der Waals surface area contributed by atoms with Crippen molar-refractivity contribution in [1.82, 2.24) is 0 Å². The van der Waals surface area contributed by atoms with Crippen molar-refractivity contribution in [2.45, 2.75) is 141 Å². The van der Waals surface area contributed by atoms with E-state index in [-0.39, 0.29) is 5.78 Å². The lowest BCUT2D eigenvalue weighted by atomic mass is 9.41. The Bertz CT molecular complexity index is 1120. The fourth-order valence-corrected chi connectivity index (χ4v) is 4.45. The summed E-state index contributed by atoms with van der Waals surface area (Å²) < 4.78 is 0. The number of unbranched alkanes of at least 4 members (excludes halogenated alkanes) is 3. The molecule has 2 aromatic carbocycles. The first kappa shape index (κ1) is 50.9. The number of ketones is 1. The van der Waals surface area contributed by atoms with Gasteiger partial charge in [0.1, 0.15) is 18.2 Å². The number of thiol groups is 1. The third-order valence-electron chi connectivity index (χ3n) is 6.84. The van der Waals surface area contributed by atoms with Gasteiger partial charge in [-0.2, -0.15) is 12.6 Å². The van der Waals surface area contributed by atoms with Crippen LogP contribution in [-0.2, 0) is 11.1 Å². The zero-order valence-corrected chi connectivity index (χ0v) is 33.2. The van der Waals surface area contributed by atoms with E-state index in [4.69, 9.17) is 0 Å². The maximum Gasteiger partial charge on any atom is 0.159 e. The first-order valence-corrected chi connectivity index (χ1v) is 18.4. The van der Waals surface area contributed by atoms with Crippen LogP contribution in [0.5, 0.6) is 11.5 Å². The molecule has 5 heteroatoms. The lowest BCUT2D eigenvalue weighted by Crippen LogP contribution is -2.16. The van der Waals surface area contributed by atoms with Gasteiger partial charge in [-0.05, 0) is 73.8 Å². The average molecular weight is 667 g/mol. The molecule has 0 amide bonds. The van der Waals surface area contributed by atoms with Gasteiger partial charge in [0, 0.05) is 5.57 Å². The highest BCUT2D eigenvalue weighted by Crippen LogP contribution is 2.25. The molecule has 2 aromatic rings. The minimum Gasteiger partial charge on any atom is -0.508 e. The third-order valence-corrected chi connectivity index (χ3v) is 7.23. The molecule has 0 radical (unpaired) electrons. The SMILES string of the molecule is C/C(=C/S)c1cccc(O)c1C.C=C/C=C(\C=C/C)C(C)=O.CC.CC.CCCCB(CCC)Cc1ccccc1O.CCCCC. The minimum atomic E-state index is 0.0676. The molecule has 47 heavy (non-hydrogen) atoms. The number of para-hydroxylation sites is 1. The number of rotatable bonds is 13. The summed E-state index contributed by atoms with van der Waals surface area (Å²) >= 11 is 4.06. The summed E-state index contributed by atoms with van der Waals surface area (Å²) in [5.74, 6) is 0.861. The van der Waals surface area contributed by atoms with Crippen molar-refractivity contribution >= 4 is 30.7 Å². The van der Waals surface area contributed by atoms with Crippen LogP contribution in [0, 0.1) is 6.92 Å². The summed E-state index contributed by atoms with van der Waals surface area (Å²) in [5.41, 5.74) is 4.81. The summed E-state index contributed by atoms with van der Waals surface area (Å²) in [4.78, 5) is 10.8. The van der Waals surface area contributed by atoms with Crippen molar-refractivity contribution < 1.29 is 15.0 Å². The lowest BCUT2D eigenvalue weighted by Gasteiger charge is -2.13. The maximum atomic E-state index is 10.8. The van der Waals surface area contributed by atoms with Crippen molar-refractivity contribution in [3.63, 3.8) is 0 Å². The Morgan fingerprint density at radius 1 is 0.830 bits per heavy atom. The van der Waals surface area contributed by atoms with Crippen molar-refractivity contribution in [1.29, 1.82) is 0 Å². The van der Waals surface area contributed by atoms with Crippen molar-refractivity contribution in [3.05, 3.63) is 101 Å². The summed E-state index contributed by atoms with van der Waals surface area (Å²) in [5, 5.41) is 20.9. The molecular weight excluding hydrogens is 595 g/mol. The van der Waals surface area contributed by atoms with Gasteiger partial charge in [0.15, 0.2) is 5.78 Å². The quantitative estimate of drug-likeness (QED) is 0.0863. The summed E-state index contributed by atoms with van der Waals surface area (Å²) in [7, 11) is 0. The molecule has 0 heterocycles. The van der Waals surface area contributed by atoms with E-state index in [2.05, 4.69) is 46.9 Å². The number of Topliss-reactive ketones (excluding diaryl/α,β-unsaturated/α-hetero) is 1. The molecule has 0 unspecified atom stereocenters. The molecule has 2 N–H and O–H groups in total. The van der Waals surface area contributed by atoms with E-state index < -0.39 is 0 Å². The molecule has 0 spiro atoms. The topological polar surface area (TPSA) is 57.5 Å². The molecule has 266 valence electrons. The predicted molar refractivity (Wildman–Crippen MR) is 220 cm³/mol. The number of carbonyl (C=O) groups excluding carboxylic acids is 1. The predicted octanol–water partition coefficient (Wildman–Crippen LogP) is 13.7. The van der Waals surface area contributed by atoms with Crippen LogP contribution in [0.2, 0.25) is 12.6 Å². The molecule has 0 bridgehead atoms. The van der Waals surface area contributed by atoms with E-state index >= 15 is 0 Å². The van der Waals surface area contributed by atoms with Crippen molar-refractivity contribution in [2.24, 2.45) is 0 Å². The molecule has 0 aromatic heterocycles. The van der Waals surface area contributed by atoms with E-state index in [1.54, 1.807) is 35.8 Å². The molecule has 3 nitrogen and oxygen atoms in total. The van der Waals surface area contributed by atoms with E-state index in [1.807, 2.05) is 84.9 Å². The highest BCUT2D eigenvalue weighted by Gasteiger charge is 2.14. The second-order valence-electron chi connectivity index (χ2n) is 10.7. The smallest absolute Gasteiger partial charge is 0.159 e. The number of phenolic OH excluding ortho intramolecular Hbond substituents is 2. The second kappa shape index (κ2) is 37.5. The molecule has 0 fully saturated rings. The minimum absolute atomic E-state index is 0.0676. The van der Waals surface area contributed by atoms with Crippen LogP contribution in [0.15, 0.2) is 84.3 Å². The number of aromatic hydroxyl groups is 2. The van der Waals surface area contributed by atoms with E-state index in [1.165, 1.54) is 58.1 Å². The Balaban J connectivity index is -0.000000267. The molecule has 0 saturated heterocycles. The number of benzene rings is 2. The number of allylic oxidation sites excluding steroid dienone is 6. The highest BCUT2D eigenvalue weighted by molar-refractivity contribution is 7.83. The van der Waals surface area contributed by atoms with Gasteiger partial charge in [-0.1, -0.05) is 168 Å². The van der Waals surface area contributed by atoms with Gasteiger partial charge in [-0.3, -0.25) is 4.79 Å². The monoisotopic (exact) mass is 667 g/mol. The number of hydrogen-bond donors (Lipinski definition) is 3. The Hall–Kier alpha value is -2.92. The molecule has 0 aliphatic rings.